The van der Waals surface area contributed by atoms with Crippen molar-refractivity contribution in [1.29, 1.82) is 0 Å². The van der Waals surface area contributed by atoms with Crippen molar-refractivity contribution in [2.45, 2.75) is 88.8 Å². The van der Waals surface area contributed by atoms with Crippen LogP contribution in [0.2, 0.25) is 5.02 Å². The number of nitrogens with zero attached hydrogens (tertiary/aromatic N) is 2. The zero-order valence-electron chi connectivity index (χ0n) is 28.1. The van der Waals surface area contributed by atoms with E-state index in [2.05, 4.69) is 9.62 Å². The summed E-state index contributed by atoms with van der Waals surface area (Å²) in [5.74, 6) is -0.735. The van der Waals surface area contributed by atoms with Gasteiger partial charge in [-0.1, -0.05) is 31.0 Å². The molecule has 1 aliphatic carbocycles. The third-order valence-electron chi connectivity index (χ3n) is 11.3. The van der Waals surface area contributed by atoms with Crippen LogP contribution < -0.4 is 14.4 Å². The van der Waals surface area contributed by atoms with E-state index in [4.69, 9.17) is 21.1 Å². The lowest BCUT2D eigenvalue weighted by molar-refractivity contribution is -0.202. The van der Waals surface area contributed by atoms with E-state index in [1.54, 1.807) is 37.1 Å². The number of hydrogen-bond donors (Lipinski definition) is 2. The average Bonchev–Trinajstić information content (AvgIpc) is 3.06. The van der Waals surface area contributed by atoms with Crippen molar-refractivity contribution in [1.82, 2.24) is 9.62 Å². The van der Waals surface area contributed by atoms with E-state index in [0.29, 0.717) is 68.6 Å². The van der Waals surface area contributed by atoms with Gasteiger partial charge in [-0.2, -0.15) is 0 Å². The minimum Gasteiger partial charge on any atom is -0.487 e. The standard InChI is InChI=1S/C36H48ClN3O7S/c1-23-7-6-15-36(43,33-35(42)39(3)17-18-46-33)30-13-10-27(30)21-40-16-5-4-8-25-19-29(37)12-9-28(25)22-47-32-14-11-26(20-31(32)40)34(41)38-48(44,45)24(23)2/h9,11-12,14,19-20,23-24,27,30,33,43H,4-8,10,13,15-18,21-22H2,1-3H3,(H,38,41)/t23-,24+,27-,30+,33+,36+/m0/s1. The Balaban J connectivity index is 1.41. The summed E-state index contributed by atoms with van der Waals surface area (Å²) < 4.78 is 41.7. The zero-order chi connectivity index (χ0) is 34.2. The van der Waals surface area contributed by atoms with Crippen LogP contribution in [0.1, 0.15) is 80.3 Å². The number of likely N-dealkylation sites (N-methyl/N-ethyl adjacent to an activating group) is 1. The van der Waals surface area contributed by atoms with Gasteiger partial charge in [0.1, 0.15) is 18.0 Å². The number of amides is 2. The second kappa shape index (κ2) is 14.2. The van der Waals surface area contributed by atoms with Gasteiger partial charge in [0.05, 0.1) is 17.5 Å². The number of aryl methyl sites for hydroxylation is 1. The number of carbonyl (C=O) groups excluding carboxylic acids is 2. The molecule has 1 saturated carbocycles. The SMILES string of the molecule is C[C@@H]1[C@@H](C)CCC[C@](O)([C@@H]2OCCN(C)C2=O)[C@@H]2CC[C@H]2CN2CCCCc3cc(Cl)ccc3COc3ccc(cc32)C(=O)NS1(=O)=O. The number of fused-ring (bicyclic) bond motifs is 3. The minimum absolute atomic E-state index is 0.0646. The molecule has 0 radical (unpaired) electrons. The second-order valence-corrected chi connectivity index (χ2v) is 16.8. The fourth-order valence-corrected chi connectivity index (χ4v) is 9.40. The molecule has 262 valence electrons. The summed E-state index contributed by atoms with van der Waals surface area (Å²) in [5, 5.41) is 12.4. The number of nitrogens with one attached hydrogen (secondary N) is 1. The number of morpholine rings is 1. The van der Waals surface area contributed by atoms with Gasteiger partial charge in [-0.25, -0.2) is 13.1 Å². The highest BCUT2D eigenvalue weighted by Gasteiger charge is 2.55. The molecular weight excluding hydrogens is 654 g/mol. The quantitative estimate of drug-likeness (QED) is 0.429. The Morgan fingerprint density at radius 2 is 1.81 bits per heavy atom. The first kappa shape index (κ1) is 35.0. The molecule has 1 saturated heterocycles. The first-order valence-electron chi connectivity index (χ1n) is 17.3. The lowest BCUT2D eigenvalue weighted by atomic mass is 9.61. The van der Waals surface area contributed by atoms with Gasteiger partial charge in [0.2, 0.25) is 10.0 Å². The summed E-state index contributed by atoms with van der Waals surface area (Å²) in [5.41, 5.74) is 1.70. The van der Waals surface area contributed by atoms with Crippen LogP contribution in [0.15, 0.2) is 36.4 Å². The van der Waals surface area contributed by atoms with Gasteiger partial charge in [-0.3, -0.25) is 9.59 Å². The fourth-order valence-electron chi connectivity index (χ4n) is 7.90. The molecule has 6 rings (SSSR count). The van der Waals surface area contributed by atoms with Crippen molar-refractivity contribution in [2.75, 3.05) is 38.2 Å². The molecule has 0 unspecified atom stereocenters. The molecule has 0 spiro atoms. The smallest absolute Gasteiger partial charge is 0.264 e. The number of hydrogen-bond acceptors (Lipinski definition) is 8. The van der Waals surface area contributed by atoms with Gasteiger partial charge in [0.15, 0.2) is 6.10 Å². The highest BCUT2D eigenvalue weighted by molar-refractivity contribution is 7.90. The first-order chi connectivity index (χ1) is 22.9. The van der Waals surface area contributed by atoms with Crippen LogP contribution in [0.3, 0.4) is 0 Å². The van der Waals surface area contributed by atoms with Crippen molar-refractivity contribution in [3.63, 3.8) is 0 Å². The molecular formula is C36H48ClN3O7S. The van der Waals surface area contributed by atoms with E-state index in [9.17, 15) is 23.1 Å². The topological polar surface area (TPSA) is 125 Å². The Morgan fingerprint density at radius 1 is 1.00 bits per heavy atom. The summed E-state index contributed by atoms with van der Waals surface area (Å²) in [4.78, 5) is 30.8. The number of carbonyl (C=O) groups is 2. The van der Waals surface area contributed by atoms with Crippen LogP contribution in [-0.2, 0) is 32.6 Å². The molecule has 0 aromatic heterocycles. The number of anilines is 1. The van der Waals surface area contributed by atoms with E-state index in [0.717, 1.165) is 43.2 Å². The normalized spacial score (nSPS) is 31.6. The van der Waals surface area contributed by atoms with Crippen LogP contribution in [0.5, 0.6) is 5.75 Å². The molecule has 12 heteroatoms. The third kappa shape index (κ3) is 7.06. The lowest BCUT2D eigenvalue weighted by Crippen LogP contribution is -2.64. The Hall–Kier alpha value is -2.86. The number of halogens is 1. The van der Waals surface area contributed by atoms with Crippen molar-refractivity contribution in [3.05, 3.63) is 58.1 Å². The monoisotopic (exact) mass is 701 g/mol. The Bertz CT molecular complexity index is 1640. The summed E-state index contributed by atoms with van der Waals surface area (Å²) in [6.07, 6.45) is 4.58. The second-order valence-electron chi connectivity index (χ2n) is 14.3. The molecule has 2 fully saturated rings. The summed E-state index contributed by atoms with van der Waals surface area (Å²) >= 11 is 6.35. The van der Waals surface area contributed by atoms with Crippen LogP contribution in [-0.4, -0.2) is 80.5 Å². The van der Waals surface area contributed by atoms with E-state index in [-0.39, 0.29) is 29.2 Å². The molecule has 6 atom stereocenters. The van der Waals surface area contributed by atoms with Crippen molar-refractivity contribution in [2.24, 2.45) is 17.8 Å². The molecule has 2 aromatic rings. The van der Waals surface area contributed by atoms with Gasteiger partial charge in [-0.15, -0.1) is 0 Å². The lowest BCUT2D eigenvalue weighted by Gasteiger charge is -2.52. The van der Waals surface area contributed by atoms with Crippen molar-refractivity contribution in [3.8, 4) is 5.75 Å². The zero-order valence-corrected chi connectivity index (χ0v) is 29.7. The summed E-state index contributed by atoms with van der Waals surface area (Å²) in [7, 11) is -2.27. The number of ether oxygens (including phenoxy) is 2. The number of sulfonamides is 1. The number of rotatable bonds is 1. The summed E-state index contributed by atoms with van der Waals surface area (Å²) in [6, 6.07) is 10.9. The van der Waals surface area contributed by atoms with Gasteiger partial charge < -0.3 is 24.4 Å². The molecule has 2 aromatic carbocycles. The Morgan fingerprint density at radius 3 is 2.58 bits per heavy atom. The predicted octanol–water partition coefficient (Wildman–Crippen LogP) is 4.94. The minimum atomic E-state index is -4.01. The van der Waals surface area contributed by atoms with Gasteiger partial charge >= 0.3 is 0 Å². The maximum absolute atomic E-state index is 13.5. The maximum Gasteiger partial charge on any atom is 0.264 e. The largest absolute Gasteiger partial charge is 0.487 e. The van der Waals surface area contributed by atoms with E-state index in [1.807, 2.05) is 25.1 Å². The number of benzene rings is 2. The van der Waals surface area contributed by atoms with Crippen LogP contribution >= 0.6 is 11.6 Å². The van der Waals surface area contributed by atoms with E-state index >= 15 is 0 Å². The summed E-state index contributed by atoms with van der Waals surface area (Å²) in [6.45, 7) is 5.83. The van der Waals surface area contributed by atoms with Crippen molar-refractivity contribution >= 4 is 39.1 Å². The van der Waals surface area contributed by atoms with E-state index < -0.39 is 32.9 Å². The molecule has 2 N–H and O–H groups in total. The predicted molar refractivity (Wildman–Crippen MR) is 185 cm³/mol. The Kier molecular flexibility index (Phi) is 10.3. The average molecular weight is 702 g/mol. The Labute approximate surface area is 289 Å². The van der Waals surface area contributed by atoms with Crippen LogP contribution in [0, 0.1) is 17.8 Å². The molecule has 2 amide bonds. The van der Waals surface area contributed by atoms with Crippen LogP contribution in [0.25, 0.3) is 0 Å². The molecule has 3 aliphatic heterocycles. The van der Waals surface area contributed by atoms with Crippen LogP contribution in [0.4, 0.5) is 5.69 Å². The van der Waals surface area contributed by atoms with Gasteiger partial charge in [0.25, 0.3) is 11.8 Å². The highest BCUT2D eigenvalue weighted by Crippen LogP contribution is 2.48. The molecule has 48 heavy (non-hydrogen) atoms. The van der Waals surface area contributed by atoms with Crippen molar-refractivity contribution < 1.29 is 32.6 Å². The molecule has 4 aliphatic rings. The van der Waals surface area contributed by atoms with Gasteiger partial charge in [0, 0.05) is 37.3 Å². The fraction of sp³-hybridized carbons (Fsp3) is 0.611. The first-order valence-corrected chi connectivity index (χ1v) is 19.2. The van der Waals surface area contributed by atoms with Gasteiger partial charge in [-0.05, 0) is 111 Å². The number of aliphatic hydroxyl groups is 1. The molecule has 10 nitrogen and oxygen atoms in total. The third-order valence-corrected chi connectivity index (χ3v) is 13.4. The van der Waals surface area contributed by atoms with E-state index in [1.165, 1.54) is 0 Å². The molecule has 3 heterocycles. The highest BCUT2D eigenvalue weighted by atomic mass is 35.5. The maximum atomic E-state index is 13.5. The molecule has 2 bridgehead atoms.